The third-order valence-corrected chi connectivity index (χ3v) is 3.52. The van der Waals surface area contributed by atoms with E-state index in [4.69, 9.17) is 4.74 Å². The summed E-state index contributed by atoms with van der Waals surface area (Å²) in [6.07, 6.45) is 0.901. The SMILES string of the molecule is CCOc1ccc2cc(-c3ccccc3C=O)ccc2c1. The van der Waals surface area contributed by atoms with Gasteiger partial charge in [0.1, 0.15) is 5.75 Å². The fourth-order valence-corrected chi connectivity index (χ4v) is 2.51. The Kier molecular flexibility index (Phi) is 3.69. The topological polar surface area (TPSA) is 26.3 Å². The van der Waals surface area contributed by atoms with E-state index in [0.717, 1.165) is 33.9 Å². The molecule has 0 aliphatic heterocycles. The third kappa shape index (κ3) is 2.65. The summed E-state index contributed by atoms with van der Waals surface area (Å²) < 4.78 is 5.52. The molecule has 3 rings (SSSR count). The molecule has 0 aliphatic rings. The fourth-order valence-electron chi connectivity index (χ4n) is 2.51. The normalized spacial score (nSPS) is 10.5. The zero-order valence-corrected chi connectivity index (χ0v) is 11.9. The van der Waals surface area contributed by atoms with Gasteiger partial charge in [-0.15, -0.1) is 0 Å². The van der Waals surface area contributed by atoms with Crippen LogP contribution < -0.4 is 4.74 Å². The Balaban J connectivity index is 2.09. The number of hydrogen-bond acceptors (Lipinski definition) is 2. The molecule has 0 saturated carbocycles. The van der Waals surface area contributed by atoms with Gasteiger partial charge in [-0.1, -0.05) is 42.5 Å². The van der Waals surface area contributed by atoms with Crippen molar-refractivity contribution in [3.8, 4) is 16.9 Å². The molecule has 104 valence electrons. The van der Waals surface area contributed by atoms with Gasteiger partial charge >= 0.3 is 0 Å². The highest BCUT2D eigenvalue weighted by molar-refractivity contribution is 5.92. The number of fused-ring (bicyclic) bond motifs is 1. The number of carbonyl (C=O) groups is 1. The average molecular weight is 276 g/mol. The van der Waals surface area contributed by atoms with Crippen molar-refractivity contribution in [3.05, 3.63) is 66.2 Å². The molecule has 0 aromatic heterocycles. The first kappa shape index (κ1) is 13.4. The molecule has 0 atom stereocenters. The predicted octanol–water partition coefficient (Wildman–Crippen LogP) is 4.72. The first-order valence-corrected chi connectivity index (χ1v) is 7.03. The van der Waals surface area contributed by atoms with Crippen molar-refractivity contribution in [2.75, 3.05) is 6.61 Å². The van der Waals surface area contributed by atoms with E-state index in [0.29, 0.717) is 12.2 Å². The molecule has 2 nitrogen and oxygen atoms in total. The van der Waals surface area contributed by atoms with Crippen LogP contribution in [0.4, 0.5) is 0 Å². The summed E-state index contributed by atoms with van der Waals surface area (Å²) >= 11 is 0. The van der Waals surface area contributed by atoms with E-state index in [1.54, 1.807) is 0 Å². The summed E-state index contributed by atoms with van der Waals surface area (Å²) in [6.45, 7) is 2.64. The summed E-state index contributed by atoms with van der Waals surface area (Å²) in [4.78, 5) is 11.2. The molecule has 2 heteroatoms. The Bertz CT molecular complexity index is 790. The molecule has 0 saturated heterocycles. The average Bonchev–Trinajstić information content (AvgIpc) is 2.54. The Labute approximate surface area is 124 Å². The number of rotatable bonds is 4. The highest BCUT2D eigenvalue weighted by Crippen LogP contribution is 2.28. The second kappa shape index (κ2) is 5.80. The van der Waals surface area contributed by atoms with Crippen LogP contribution in [0.5, 0.6) is 5.75 Å². The number of benzene rings is 3. The minimum atomic E-state index is 0.663. The Morgan fingerprint density at radius 1 is 0.952 bits per heavy atom. The zero-order valence-electron chi connectivity index (χ0n) is 11.9. The van der Waals surface area contributed by atoms with E-state index in [-0.39, 0.29) is 0 Å². The molecule has 0 heterocycles. The van der Waals surface area contributed by atoms with E-state index in [1.807, 2.05) is 55.5 Å². The minimum Gasteiger partial charge on any atom is -0.494 e. The molecule has 0 amide bonds. The van der Waals surface area contributed by atoms with Crippen molar-refractivity contribution in [3.63, 3.8) is 0 Å². The summed E-state index contributed by atoms with van der Waals surface area (Å²) in [5.41, 5.74) is 2.72. The first-order valence-electron chi connectivity index (χ1n) is 7.03. The number of aldehydes is 1. The van der Waals surface area contributed by atoms with Gasteiger partial charge in [0.15, 0.2) is 6.29 Å². The largest absolute Gasteiger partial charge is 0.494 e. The lowest BCUT2D eigenvalue weighted by molar-refractivity contribution is 0.112. The van der Waals surface area contributed by atoms with E-state index >= 15 is 0 Å². The van der Waals surface area contributed by atoms with Gasteiger partial charge in [-0.2, -0.15) is 0 Å². The van der Waals surface area contributed by atoms with Crippen LogP contribution in [0.25, 0.3) is 21.9 Å². The lowest BCUT2D eigenvalue weighted by Gasteiger charge is -2.08. The molecule has 0 bridgehead atoms. The smallest absolute Gasteiger partial charge is 0.150 e. The first-order chi connectivity index (χ1) is 10.3. The van der Waals surface area contributed by atoms with Gasteiger partial charge in [-0.3, -0.25) is 4.79 Å². The van der Waals surface area contributed by atoms with Crippen LogP contribution in [0.15, 0.2) is 60.7 Å². The van der Waals surface area contributed by atoms with Gasteiger partial charge in [0.25, 0.3) is 0 Å². The van der Waals surface area contributed by atoms with Crippen LogP contribution >= 0.6 is 0 Å². The second-order valence-electron chi connectivity index (χ2n) is 4.86. The van der Waals surface area contributed by atoms with Gasteiger partial charge < -0.3 is 4.74 Å². The van der Waals surface area contributed by atoms with Crippen LogP contribution in [0, 0.1) is 0 Å². The van der Waals surface area contributed by atoms with Gasteiger partial charge in [-0.05, 0) is 47.0 Å². The van der Waals surface area contributed by atoms with Crippen molar-refractivity contribution in [1.29, 1.82) is 0 Å². The molecule has 0 N–H and O–H groups in total. The van der Waals surface area contributed by atoms with E-state index in [1.165, 1.54) is 0 Å². The third-order valence-electron chi connectivity index (χ3n) is 3.52. The van der Waals surface area contributed by atoms with Gasteiger partial charge in [0, 0.05) is 5.56 Å². The molecular formula is C19H16O2. The molecule has 0 radical (unpaired) electrons. The second-order valence-corrected chi connectivity index (χ2v) is 4.86. The molecule has 0 fully saturated rings. The van der Waals surface area contributed by atoms with E-state index < -0.39 is 0 Å². The Morgan fingerprint density at radius 3 is 2.52 bits per heavy atom. The van der Waals surface area contributed by atoms with Crippen LogP contribution in [-0.2, 0) is 0 Å². The molecule has 0 aliphatic carbocycles. The molecule has 3 aromatic rings. The molecular weight excluding hydrogens is 260 g/mol. The van der Waals surface area contributed by atoms with Crippen molar-refractivity contribution in [1.82, 2.24) is 0 Å². The Hall–Kier alpha value is -2.61. The van der Waals surface area contributed by atoms with Gasteiger partial charge in [0.2, 0.25) is 0 Å². The molecule has 0 unspecified atom stereocenters. The highest BCUT2D eigenvalue weighted by Gasteiger charge is 2.05. The minimum absolute atomic E-state index is 0.663. The number of hydrogen-bond donors (Lipinski definition) is 0. The molecule has 0 spiro atoms. The number of carbonyl (C=O) groups excluding carboxylic acids is 1. The van der Waals surface area contributed by atoms with Crippen molar-refractivity contribution in [2.45, 2.75) is 6.92 Å². The molecule has 3 aromatic carbocycles. The fraction of sp³-hybridized carbons (Fsp3) is 0.105. The summed E-state index contributed by atoms with van der Waals surface area (Å²) in [7, 11) is 0. The van der Waals surface area contributed by atoms with Gasteiger partial charge in [0.05, 0.1) is 6.61 Å². The summed E-state index contributed by atoms with van der Waals surface area (Å²) in [6, 6.07) is 19.9. The summed E-state index contributed by atoms with van der Waals surface area (Å²) in [5, 5.41) is 2.27. The lowest BCUT2D eigenvalue weighted by atomic mass is 9.97. The monoisotopic (exact) mass is 276 g/mol. The molecule has 21 heavy (non-hydrogen) atoms. The maximum atomic E-state index is 11.2. The maximum Gasteiger partial charge on any atom is 0.150 e. The summed E-state index contributed by atoms with van der Waals surface area (Å²) in [5.74, 6) is 0.881. The zero-order chi connectivity index (χ0) is 14.7. The van der Waals surface area contributed by atoms with Crippen molar-refractivity contribution < 1.29 is 9.53 Å². The van der Waals surface area contributed by atoms with Gasteiger partial charge in [-0.25, -0.2) is 0 Å². The predicted molar refractivity (Wildman–Crippen MR) is 85.9 cm³/mol. The van der Waals surface area contributed by atoms with E-state index in [9.17, 15) is 4.79 Å². The van der Waals surface area contributed by atoms with Crippen LogP contribution in [-0.4, -0.2) is 12.9 Å². The van der Waals surface area contributed by atoms with Crippen molar-refractivity contribution >= 4 is 17.1 Å². The quantitative estimate of drug-likeness (QED) is 0.645. The standard InChI is InChI=1S/C19H16O2/c1-2-21-18-10-9-14-11-16(8-7-15(14)12-18)19-6-4-3-5-17(19)13-20/h3-13H,2H2,1H3. The van der Waals surface area contributed by atoms with E-state index in [2.05, 4.69) is 12.1 Å². The number of ether oxygens (including phenoxy) is 1. The van der Waals surface area contributed by atoms with Crippen LogP contribution in [0.3, 0.4) is 0 Å². The highest BCUT2D eigenvalue weighted by atomic mass is 16.5. The Morgan fingerprint density at radius 2 is 1.71 bits per heavy atom. The van der Waals surface area contributed by atoms with Crippen LogP contribution in [0.1, 0.15) is 17.3 Å². The van der Waals surface area contributed by atoms with Crippen molar-refractivity contribution in [2.24, 2.45) is 0 Å². The lowest BCUT2D eigenvalue weighted by Crippen LogP contribution is -1.91. The maximum absolute atomic E-state index is 11.2. The van der Waals surface area contributed by atoms with Crippen LogP contribution in [0.2, 0.25) is 0 Å².